The molecule has 0 amide bonds. The lowest BCUT2D eigenvalue weighted by Crippen LogP contribution is -2.65. The van der Waals surface area contributed by atoms with Crippen molar-refractivity contribution in [1.82, 2.24) is 20.9 Å². The van der Waals surface area contributed by atoms with E-state index in [-0.39, 0.29) is 41.7 Å². The van der Waals surface area contributed by atoms with Crippen LogP contribution in [0, 0.1) is 58.7 Å². The summed E-state index contributed by atoms with van der Waals surface area (Å²) < 4.78 is 5.59. The minimum atomic E-state index is -1.22. The third-order valence-electron chi connectivity index (χ3n) is 19.7. The van der Waals surface area contributed by atoms with E-state index in [1.54, 1.807) is 6.07 Å². The van der Waals surface area contributed by atoms with E-state index in [1.165, 1.54) is 23.9 Å². The number of aryl methyl sites for hydroxylation is 2. The van der Waals surface area contributed by atoms with Crippen LogP contribution in [0.25, 0.3) is 10.8 Å². The van der Waals surface area contributed by atoms with Gasteiger partial charge in [0, 0.05) is 66.9 Å². The Morgan fingerprint density at radius 3 is 2.67 bits per heavy atom. The number of allylic oxidation sites excluding steroid dienone is 2. The Hall–Kier alpha value is -5.38. The Morgan fingerprint density at radius 1 is 0.986 bits per heavy atom. The fraction of sp³-hybridized carbons (Fsp3) is 0.541. The van der Waals surface area contributed by atoms with Gasteiger partial charge < -0.3 is 46.7 Å². The molecule has 9 N–H and O–H groups in total. The van der Waals surface area contributed by atoms with Crippen LogP contribution in [0.5, 0.6) is 11.5 Å². The second-order valence-corrected chi connectivity index (χ2v) is 23.1. The summed E-state index contributed by atoms with van der Waals surface area (Å²) in [5.74, 6) is 11.2. The number of ketones is 2. The number of nitrogens with two attached hydrogens (primary N) is 1. The maximum absolute atomic E-state index is 14.9. The number of piperidine rings is 1. The molecule has 1 spiro atoms. The molecule has 11 heteroatoms. The average Bonchev–Trinajstić information content (AvgIpc) is 3.85. The lowest BCUT2D eigenvalue weighted by Gasteiger charge is -2.63. The van der Waals surface area contributed by atoms with Crippen molar-refractivity contribution in [2.75, 3.05) is 33.3 Å². The first kappa shape index (κ1) is 47.6. The summed E-state index contributed by atoms with van der Waals surface area (Å²) in [5.41, 5.74) is 13.3. The number of phenols is 1. The van der Waals surface area contributed by atoms with E-state index in [9.17, 15) is 24.9 Å². The third-order valence-corrected chi connectivity index (χ3v) is 19.7. The highest BCUT2D eigenvalue weighted by Crippen LogP contribution is 2.66. The largest absolute Gasteiger partial charge is 0.504 e. The Balaban J connectivity index is 0.831. The SMILES string of the molecule is CCNCC1C(C2CCC3(C#CC(CCC(O)CC(C4=CCNC(N)=C4)c4ccc5ccccc5c4)c4cc(O)c(OC)cc4CCC3=O)C(O)C2)CC2CNC3CC(=O)C4CCc5c[nH]c6c5C4C3C2C61. The lowest BCUT2D eigenvalue weighted by molar-refractivity contribution is -0.138. The zero-order valence-corrected chi connectivity index (χ0v) is 42.0. The maximum Gasteiger partial charge on any atom is 0.160 e. The Bertz CT molecular complexity index is 2890. The molecule has 11 nitrogen and oxygen atoms in total. The first-order valence-electron chi connectivity index (χ1n) is 27.4. The molecule has 6 aliphatic carbocycles. The molecule has 0 radical (unpaired) electrons. The quantitative estimate of drug-likeness (QED) is 0.0654. The molecule has 15 unspecified atom stereocenters. The standard InChI is InChI=1S/C61H73N5O6/c1-3-63-32-47-46(23-41-31-65-48-29-49(68)43-14-11-40-30-66-60-56(40)57(43)59(48)55(41)58(47)60)38-17-20-61(53(71)25-38)19-16-34(45-28-50(69)51(72-2)24-37(45)12-15-52(61)70)10-13-42(67)27-44(39-18-21-64-54(62)26-39)36-9-8-33-6-4-5-7-35(33)22-36/h4-9,18,22,24,26,28,30,34,38,41-44,46-48,53,55,57-59,63-67,69,71H,3,10-15,17,20-21,23,25,27,29,31-32,62H2,1-2H3. The number of aromatic hydroxyl groups is 1. The lowest BCUT2D eigenvalue weighted by atomic mass is 9.44. The van der Waals surface area contributed by atoms with Gasteiger partial charge in [-0.15, -0.1) is 0 Å². The van der Waals surface area contributed by atoms with Crippen molar-refractivity contribution in [1.29, 1.82) is 0 Å². The van der Waals surface area contributed by atoms with E-state index >= 15 is 0 Å². The number of H-pyrrole nitrogens is 1. The van der Waals surface area contributed by atoms with Crippen LogP contribution in [0.3, 0.4) is 0 Å². The molecule has 4 fully saturated rings. The number of aromatic nitrogens is 1. The zero-order chi connectivity index (χ0) is 49.4. The van der Waals surface area contributed by atoms with Crippen LogP contribution >= 0.6 is 0 Å². The predicted octanol–water partition coefficient (Wildman–Crippen LogP) is 7.76. The van der Waals surface area contributed by atoms with Gasteiger partial charge in [-0.3, -0.25) is 9.59 Å². The number of aromatic amines is 1. The fourth-order valence-electron chi connectivity index (χ4n) is 16.4. The number of methoxy groups -OCH3 is 1. The minimum Gasteiger partial charge on any atom is -0.504 e. The maximum atomic E-state index is 14.9. The molecule has 378 valence electrons. The second kappa shape index (κ2) is 19.1. The highest BCUT2D eigenvalue weighted by molar-refractivity contribution is 5.89. The summed E-state index contributed by atoms with van der Waals surface area (Å²) in [4.78, 5) is 32.4. The minimum absolute atomic E-state index is 0.0127. The molecule has 3 saturated carbocycles. The third kappa shape index (κ3) is 8.11. The van der Waals surface area contributed by atoms with Crippen LogP contribution in [0.1, 0.15) is 128 Å². The number of fused-ring (bicyclic) bond motifs is 3. The van der Waals surface area contributed by atoms with Crippen LogP contribution in [0.2, 0.25) is 0 Å². The number of aliphatic hydroxyl groups excluding tert-OH is 2. The summed E-state index contributed by atoms with van der Waals surface area (Å²) >= 11 is 0. The van der Waals surface area contributed by atoms with Crippen molar-refractivity contribution < 1.29 is 29.6 Å². The number of hydrogen-bond donors (Lipinski definition) is 8. The average molecular weight is 972 g/mol. The summed E-state index contributed by atoms with van der Waals surface area (Å²) in [7, 11) is 1.53. The number of benzene rings is 3. The van der Waals surface area contributed by atoms with E-state index in [0.717, 1.165) is 78.4 Å². The van der Waals surface area contributed by atoms with Gasteiger partial charge in [-0.25, -0.2) is 0 Å². The van der Waals surface area contributed by atoms with Gasteiger partial charge in [-0.05, 0) is 182 Å². The number of phenolic OH excluding ortho intramolecular Hbond substituents is 1. The molecule has 72 heavy (non-hydrogen) atoms. The number of hydrogen-bond acceptors (Lipinski definition) is 10. The van der Waals surface area contributed by atoms with Crippen molar-refractivity contribution in [3.8, 4) is 23.3 Å². The van der Waals surface area contributed by atoms with Crippen LogP contribution in [-0.4, -0.2) is 83.4 Å². The Kier molecular flexibility index (Phi) is 12.7. The van der Waals surface area contributed by atoms with Gasteiger partial charge in [-0.1, -0.05) is 67.3 Å². The first-order valence-corrected chi connectivity index (χ1v) is 27.4. The van der Waals surface area contributed by atoms with E-state index in [1.807, 2.05) is 24.3 Å². The highest BCUT2D eigenvalue weighted by Gasteiger charge is 2.63. The van der Waals surface area contributed by atoms with Gasteiger partial charge in [0.25, 0.3) is 0 Å². The first-order chi connectivity index (χ1) is 35.0. The van der Waals surface area contributed by atoms with Crippen molar-refractivity contribution in [2.45, 2.75) is 126 Å². The predicted molar refractivity (Wildman–Crippen MR) is 279 cm³/mol. The van der Waals surface area contributed by atoms with E-state index < -0.39 is 23.5 Å². The van der Waals surface area contributed by atoms with Crippen molar-refractivity contribution in [2.24, 2.45) is 52.6 Å². The number of ether oxygens (including phenoxy) is 1. The molecule has 1 saturated heterocycles. The molecule has 1 aromatic heterocycles. The van der Waals surface area contributed by atoms with Gasteiger partial charge in [0.05, 0.1) is 25.1 Å². The number of carbonyl (C=O) groups is 2. The molecule has 4 aromatic rings. The van der Waals surface area contributed by atoms with E-state index in [4.69, 9.17) is 10.5 Å². The van der Waals surface area contributed by atoms with Crippen LogP contribution in [0.4, 0.5) is 0 Å². The number of aliphatic hydroxyl groups is 2. The number of rotatable bonds is 12. The van der Waals surface area contributed by atoms with Crippen molar-refractivity contribution in [3.63, 3.8) is 0 Å². The van der Waals surface area contributed by atoms with E-state index in [0.29, 0.717) is 110 Å². The Labute approximate surface area is 424 Å². The summed E-state index contributed by atoms with van der Waals surface area (Å²) in [6, 6.07) is 18.6. The zero-order valence-electron chi connectivity index (χ0n) is 42.0. The molecule has 8 aliphatic rings. The molecule has 12 rings (SSSR count). The van der Waals surface area contributed by atoms with Crippen LogP contribution in [-0.2, 0) is 22.4 Å². The summed E-state index contributed by atoms with van der Waals surface area (Å²) in [6.07, 6.45) is 12.3. The molecule has 3 heterocycles. The smallest absolute Gasteiger partial charge is 0.160 e. The van der Waals surface area contributed by atoms with E-state index in [2.05, 4.69) is 82.3 Å². The molecule has 2 aliphatic heterocycles. The molecular formula is C61H73N5O6. The number of Topliss-reactive ketones (excluding diaryl/α,β-unsaturated/α-hetero) is 2. The van der Waals surface area contributed by atoms with Crippen molar-refractivity contribution in [3.05, 3.63) is 118 Å². The highest BCUT2D eigenvalue weighted by atomic mass is 16.5. The van der Waals surface area contributed by atoms with Gasteiger partial charge in [-0.2, -0.15) is 0 Å². The van der Waals surface area contributed by atoms with Gasteiger partial charge in [0.1, 0.15) is 11.2 Å². The molecule has 0 bridgehead atoms. The molecule has 3 aromatic carbocycles. The normalized spacial score (nSPS) is 34.2. The van der Waals surface area contributed by atoms with Gasteiger partial charge in [0.15, 0.2) is 17.3 Å². The van der Waals surface area contributed by atoms with Crippen molar-refractivity contribution >= 4 is 22.3 Å². The monoisotopic (exact) mass is 972 g/mol. The Morgan fingerprint density at radius 2 is 1.85 bits per heavy atom. The molecular weight excluding hydrogens is 899 g/mol. The second-order valence-electron chi connectivity index (χ2n) is 23.1. The fourth-order valence-corrected chi connectivity index (χ4v) is 16.4. The number of nitrogens with one attached hydrogen (secondary N) is 4. The summed E-state index contributed by atoms with van der Waals surface area (Å²) in [5, 5.41) is 49.3. The van der Waals surface area contributed by atoms with Gasteiger partial charge >= 0.3 is 0 Å². The number of dihydropyridines is 1. The summed E-state index contributed by atoms with van der Waals surface area (Å²) in [6.45, 7) is 5.52. The molecule has 15 atom stereocenters. The van der Waals surface area contributed by atoms with Crippen LogP contribution < -0.4 is 26.4 Å². The topological polar surface area (TPSA) is 182 Å². The number of carbonyl (C=O) groups excluding carboxylic acids is 2. The van der Waals surface area contributed by atoms with Gasteiger partial charge in [0.2, 0.25) is 0 Å². The van der Waals surface area contributed by atoms with Crippen LogP contribution in [0.15, 0.2) is 84.3 Å².